The number of H-pyrrole nitrogens is 1. The Kier molecular flexibility index (Phi) is 2.96. The number of rotatable bonds is 3. The van der Waals surface area contributed by atoms with Crippen molar-refractivity contribution in [3.63, 3.8) is 0 Å². The lowest BCUT2D eigenvalue weighted by molar-refractivity contribution is -0.118. The third-order valence-corrected chi connectivity index (χ3v) is 2.97. The molecule has 1 aromatic rings. The van der Waals surface area contributed by atoms with Crippen LogP contribution in [0.3, 0.4) is 0 Å². The Hall–Kier alpha value is -1.36. The van der Waals surface area contributed by atoms with Gasteiger partial charge in [-0.2, -0.15) is 5.10 Å². The van der Waals surface area contributed by atoms with E-state index in [-0.39, 0.29) is 11.8 Å². The average Bonchev–Trinajstić information content (AvgIpc) is 2.61. The van der Waals surface area contributed by atoms with Crippen LogP contribution in [0.5, 0.6) is 0 Å². The fourth-order valence-electron chi connectivity index (χ4n) is 1.79. The predicted octanol–water partition coefficient (Wildman–Crippen LogP) is 1.21. The molecule has 0 bridgehead atoms. The molecule has 0 aliphatic heterocycles. The molecule has 0 radical (unpaired) electrons. The van der Waals surface area contributed by atoms with Gasteiger partial charge >= 0.3 is 0 Å². The van der Waals surface area contributed by atoms with Crippen LogP contribution in [-0.2, 0) is 4.79 Å². The van der Waals surface area contributed by atoms with Crippen molar-refractivity contribution in [2.24, 2.45) is 11.7 Å². The van der Waals surface area contributed by atoms with Crippen LogP contribution < -0.4 is 11.1 Å². The van der Waals surface area contributed by atoms with Crippen molar-refractivity contribution < 1.29 is 4.79 Å². The summed E-state index contributed by atoms with van der Waals surface area (Å²) >= 11 is 0. The maximum Gasteiger partial charge on any atom is 0.228 e. The van der Waals surface area contributed by atoms with E-state index in [2.05, 4.69) is 15.5 Å². The van der Waals surface area contributed by atoms with Crippen molar-refractivity contribution in [2.75, 3.05) is 5.32 Å². The Balaban J connectivity index is 1.95. The zero-order valence-electron chi connectivity index (χ0n) is 9.66. The van der Waals surface area contributed by atoms with Gasteiger partial charge in [0.15, 0.2) is 0 Å². The summed E-state index contributed by atoms with van der Waals surface area (Å²) in [4.78, 5) is 11.4. The number of carbonyl (C=O) groups excluding carboxylic acids is 1. The summed E-state index contributed by atoms with van der Waals surface area (Å²) in [5.41, 5.74) is 6.73. The topological polar surface area (TPSA) is 83.8 Å². The highest BCUT2D eigenvalue weighted by molar-refractivity contribution is 5.91. The van der Waals surface area contributed by atoms with Crippen molar-refractivity contribution in [1.82, 2.24) is 10.2 Å². The van der Waals surface area contributed by atoms with E-state index in [0.29, 0.717) is 17.8 Å². The molecule has 1 fully saturated rings. The maximum absolute atomic E-state index is 11.4. The van der Waals surface area contributed by atoms with Crippen molar-refractivity contribution in [3.8, 4) is 0 Å². The van der Waals surface area contributed by atoms with Crippen LogP contribution in [-0.4, -0.2) is 22.1 Å². The number of aromatic amines is 1. The largest absolute Gasteiger partial charge is 0.328 e. The fourth-order valence-corrected chi connectivity index (χ4v) is 1.79. The normalized spacial score (nSPS) is 24.2. The van der Waals surface area contributed by atoms with Crippen LogP contribution in [0.4, 0.5) is 5.82 Å². The molecule has 0 unspecified atom stereocenters. The van der Waals surface area contributed by atoms with Gasteiger partial charge in [-0.25, -0.2) is 0 Å². The summed E-state index contributed by atoms with van der Waals surface area (Å²) in [5.74, 6) is 1.11. The van der Waals surface area contributed by atoms with E-state index >= 15 is 0 Å². The Morgan fingerprint density at radius 1 is 1.62 bits per heavy atom. The van der Waals surface area contributed by atoms with E-state index in [4.69, 9.17) is 5.73 Å². The number of hydrogen-bond acceptors (Lipinski definition) is 3. The van der Waals surface area contributed by atoms with Gasteiger partial charge in [0.05, 0.1) is 5.69 Å². The maximum atomic E-state index is 11.4. The zero-order valence-corrected chi connectivity index (χ0v) is 9.66. The molecule has 5 nitrogen and oxygen atoms in total. The molecular formula is C11H18N4O. The standard InChI is InChI=1S/C11H18N4O/c1-6(2)11(16)13-10-5-9(14-15-10)7-3-8(12)4-7/h5-8H,3-4,12H2,1-2H3,(H2,13,14,15,16)/t7-,8+. The second-order valence-electron chi connectivity index (χ2n) is 4.78. The third-order valence-electron chi connectivity index (χ3n) is 2.97. The van der Waals surface area contributed by atoms with E-state index in [9.17, 15) is 4.79 Å². The Morgan fingerprint density at radius 3 is 2.88 bits per heavy atom. The number of carbonyl (C=O) groups is 1. The van der Waals surface area contributed by atoms with E-state index in [0.717, 1.165) is 18.5 Å². The van der Waals surface area contributed by atoms with Crippen LogP contribution in [0.15, 0.2) is 6.07 Å². The summed E-state index contributed by atoms with van der Waals surface area (Å²) in [6.07, 6.45) is 1.98. The highest BCUT2D eigenvalue weighted by Crippen LogP contribution is 2.35. The minimum atomic E-state index is -0.0242. The third kappa shape index (κ3) is 2.24. The molecule has 4 N–H and O–H groups in total. The lowest BCUT2D eigenvalue weighted by Crippen LogP contribution is -2.34. The van der Waals surface area contributed by atoms with E-state index in [1.807, 2.05) is 19.9 Å². The summed E-state index contributed by atoms with van der Waals surface area (Å²) in [5, 5.41) is 9.81. The van der Waals surface area contributed by atoms with E-state index in [1.165, 1.54) is 0 Å². The molecule has 16 heavy (non-hydrogen) atoms. The average molecular weight is 222 g/mol. The van der Waals surface area contributed by atoms with Gasteiger partial charge in [0, 0.05) is 23.9 Å². The molecule has 5 heteroatoms. The number of nitrogens with two attached hydrogens (primary N) is 1. The van der Waals surface area contributed by atoms with Gasteiger partial charge in [-0.15, -0.1) is 0 Å². The van der Waals surface area contributed by atoms with E-state index in [1.54, 1.807) is 0 Å². The van der Waals surface area contributed by atoms with Crippen molar-refractivity contribution in [2.45, 2.75) is 38.6 Å². The van der Waals surface area contributed by atoms with Gasteiger partial charge in [0.1, 0.15) is 5.82 Å². The number of hydrogen-bond donors (Lipinski definition) is 3. The lowest BCUT2D eigenvalue weighted by Gasteiger charge is -2.30. The highest BCUT2D eigenvalue weighted by atomic mass is 16.1. The molecule has 88 valence electrons. The Labute approximate surface area is 94.8 Å². The summed E-state index contributed by atoms with van der Waals surface area (Å²) < 4.78 is 0. The van der Waals surface area contributed by atoms with Gasteiger partial charge in [0.25, 0.3) is 0 Å². The fraction of sp³-hybridized carbons (Fsp3) is 0.636. The summed E-state index contributed by atoms with van der Waals surface area (Å²) in [6, 6.07) is 2.21. The molecule has 0 saturated heterocycles. The minimum absolute atomic E-state index is 0.000473. The summed E-state index contributed by atoms with van der Waals surface area (Å²) in [6.45, 7) is 3.72. The van der Waals surface area contributed by atoms with Crippen LogP contribution in [0.1, 0.15) is 38.3 Å². The van der Waals surface area contributed by atoms with Crippen molar-refractivity contribution in [1.29, 1.82) is 0 Å². The SMILES string of the molecule is CC(C)C(=O)Nc1cc([C@H]2C[C@@H](N)C2)n[nH]1. The Bertz CT molecular complexity index is 379. The van der Waals surface area contributed by atoms with Crippen molar-refractivity contribution >= 4 is 11.7 Å². The second kappa shape index (κ2) is 4.25. The first-order chi connectivity index (χ1) is 7.56. The smallest absolute Gasteiger partial charge is 0.228 e. The molecule has 0 spiro atoms. The first-order valence-electron chi connectivity index (χ1n) is 5.68. The van der Waals surface area contributed by atoms with Crippen LogP contribution in [0.25, 0.3) is 0 Å². The zero-order chi connectivity index (χ0) is 11.7. The lowest BCUT2D eigenvalue weighted by atomic mass is 9.79. The van der Waals surface area contributed by atoms with Crippen molar-refractivity contribution in [3.05, 3.63) is 11.8 Å². The summed E-state index contributed by atoms with van der Waals surface area (Å²) in [7, 11) is 0. The van der Waals surface area contributed by atoms with Gasteiger partial charge in [-0.3, -0.25) is 9.89 Å². The van der Waals surface area contributed by atoms with Crippen LogP contribution in [0.2, 0.25) is 0 Å². The minimum Gasteiger partial charge on any atom is -0.328 e. The van der Waals surface area contributed by atoms with Crippen LogP contribution >= 0.6 is 0 Å². The molecule has 1 saturated carbocycles. The molecule has 1 aromatic heterocycles. The molecule has 1 amide bonds. The Morgan fingerprint density at radius 2 is 2.31 bits per heavy atom. The highest BCUT2D eigenvalue weighted by Gasteiger charge is 2.29. The van der Waals surface area contributed by atoms with Gasteiger partial charge in [-0.05, 0) is 12.8 Å². The molecule has 0 aromatic carbocycles. The van der Waals surface area contributed by atoms with E-state index < -0.39 is 0 Å². The molecule has 1 aliphatic carbocycles. The molecular weight excluding hydrogens is 204 g/mol. The van der Waals surface area contributed by atoms with Gasteiger partial charge in [-0.1, -0.05) is 13.8 Å². The molecule has 1 heterocycles. The number of anilines is 1. The molecule has 1 aliphatic rings. The number of nitrogens with one attached hydrogen (secondary N) is 2. The molecule has 2 rings (SSSR count). The molecule has 0 atom stereocenters. The first-order valence-corrected chi connectivity index (χ1v) is 5.68. The second-order valence-corrected chi connectivity index (χ2v) is 4.78. The first kappa shape index (κ1) is 11.1. The quantitative estimate of drug-likeness (QED) is 0.718. The van der Waals surface area contributed by atoms with Crippen LogP contribution in [0, 0.1) is 5.92 Å². The predicted molar refractivity (Wildman–Crippen MR) is 62.0 cm³/mol. The monoisotopic (exact) mass is 222 g/mol. The number of nitrogens with zero attached hydrogens (tertiary/aromatic N) is 1. The number of amides is 1. The van der Waals surface area contributed by atoms with Gasteiger partial charge < -0.3 is 11.1 Å². The number of aromatic nitrogens is 2. The van der Waals surface area contributed by atoms with Gasteiger partial charge in [0.2, 0.25) is 5.91 Å².